The lowest BCUT2D eigenvalue weighted by atomic mass is 10.0. The average Bonchev–Trinajstić information content (AvgIpc) is 3.06. The molecule has 0 atom stereocenters. The van der Waals surface area contributed by atoms with Crippen molar-refractivity contribution in [2.45, 2.75) is 39.2 Å². The first kappa shape index (κ1) is 15.0. The molecular weight excluding hydrogens is 296 g/mol. The molecule has 0 unspecified atom stereocenters. The van der Waals surface area contributed by atoms with E-state index in [9.17, 15) is 4.79 Å². The fourth-order valence-corrected chi connectivity index (χ4v) is 3.50. The SMILES string of the molecule is Cc1csc(C(C)(C)NC(=O)Cc2ccc3c(c2)CCO3)n1. The highest BCUT2D eigenvalue weighted by molar-refractivity contribution is 7.09. The van der Waals surface area contributed by atoms with Crippen LogP contribution in [0.2, 0.25) is 0 Å². The van der Waals surface area contributed by atoms with Gasteiger partial charge >= 0.3 is 0 Å². The minimum absolute atomic E-state index is 0.0109. The molecular formula is C17H20N2O2S. The summed E-state index contributed by atoms with van der Waals surface area (Å²) in [5, 5.41) is 6.01. The van der Waals surface area contributed by atoms with E-state index in [4.69, 9.17) is 4.74 Å². The van der Waals surface area contributed by atoms with Crippen LogP contribution in [0.15, 0.2) is 23.6 Å². The first-order valence-corrected chi connectivity index (χ1v) is 8.30. The second-order valence-corrected chi connectivity index (χ2v) is 7.04. The lowest BCUT2D eigenvalue weighted by Crippen LogP contribution is -2.41. The van der Waals surface area contributed by atoms with Gasteiger partial charge in [-0.15, -0.1) is 11.3 Å². The van der Waals surface area contributed by atoms with Crippen molar-refractivity contribution in [2.75, 3.05) is 6.61 Å². The van der Waals surface area contributed by atoms with Gasteiger partial charge in [0, 0.05) is 17.5 Å². The van der Waals surface area contributed by atoms with Crippen LogP contribution in [0.5, 0.6) is 5.75 Å². The number of amides is 1. The highest BCUT2D eigenvalue weighted by Crippen LogP contribution is 2.27. The monoisotopic (exact) mass is 316 g/mol. The normalized spacial score (nSPS) is 13.6. The molecule has 116 valence electrons. The Morgan fingerprint density at radius 3 is 3.00 bits per heavy atom. The lowest BCUT2D eigenvalue weighted by Gasteiger charge is -2.24. The zero-order chi connectivity index (χ0) is 15.7. The van der Waals surface area contributed by atoms with Gasteiger partial charge in [-0.3, -0.25) is 4.79 Å². The molecule has 4 nitrogen and oxygen atoms in total. The van der Waals surface area contributed by atoms with E-state index >= 15 is 0 Å². The van der Waals surface area contributed by atoms with Crippen LogP contribution in [0.4, 0.5) is 0 Å². The maximum Gasteiger partial charge on any atom is 0.225 e. The number of carbonyl (C=O) groups excluding carboxylic acids is 1. The number of aryl methyl sites for hydroxylation is 1. The Morgan fingerprint density at radius 1 is 1.45 bits per heavy atom. The van der Waals surface area contributed by atoms with Crippen LogP contribution in [-0.4, -0.2) is 17.5 Å². The quantitative estimate of drug-likeness (QED) is 0.943. The number of aromatic nitrogens is 1. The number of nitrogens with one attached hydrogen (secondary N) is 1. The maximum absolute atomic E-state index is 12.3. The number of thiazole rings is 1. The van der Waals surface area contributed by atoms with Gasteiger partial charge in [-0.2, -0.15) is 0 Å². The van der Waals surface area contributed by atoms with Gasteiger partial charge in [0.15, 0.2) is 0 Å². The van der Waals surface area contributed by atoms with E-state index in [0.717, 1.165) is 35.0 Å². The fourth-order valence-electron chi connectivity index (χ4n) is 2.62. The molecule has 1 aliphatic rings. The summed E-state index contributed by atoms with van der Waals surface area (Å²) in [6.45, 7) is 6.67. The van der Waals surface area contributed by atoms with Crippen molar-refractivity contribution in [1.29, 1.82) is 0 Å². The van der Waals surface area contributed by atoms with Crippen LogP contribution in [0, 0.1) is 6.92 Å². The van der Waals surface area contributed by atoms with E-state index < -0.39 is 5.54 Å². The van der Waals surface area contributed by atoms with E-state index in [1.807, 2.05) is 38.3 Å². The zero-order valence-corrected chi connectivity index (χ0v) is 13.9. The minimum Gasteiger partial charge on any atom is -0.493 e. The molecule has 0 saturated heterocycles. The number of fused-ring (bicyclic) bond motifs is 1. The van der Waals surface area contributed by atoms with Crippen LogP contribution >= 0.6 is 11.3 Å². The second kappa shape index (κ2) is 5.72. The third-order valence-electron chi connectivity index (χ3n) is 3.72. The predicted octanol–water partition coefficient (Wildman–Crippen LogP) is 2.98. The zero-order valence-electron chi connectivity index (χ0n) is 13.1. The Kier molecular flexibility index (Phi) is 3.91. The standard InChI is InChI=1S/C17H20N2O2S/c1-11-10-22-16(18-11)17(2,3)19-15(20)9-12-4-5-14-13(8-12)6-7-21-14/h4-5,8,10H,6-7,9H2,1-3H3,(H,19,20). The smallest absolute Gasteiger partial charge is 0.225 e. The molecule has 1 aliphatic heterocycles. The maximum atomic E-state index is 12.3. The number of hydrogen-bond acceptors (Lipinski definition) is 4. The van der Waals surface area contributed by atoms with Crippen molar-refractivity contribution < 1.29 is 9.53 Å². The summed E-state index contributed by atoms with van der Waals surface area (Å²) >= 11 is 1.58. The third-order valence-corrected chi connectivity index (χ3v) is 5.01. The summed E-state index contributed by atoms with van der Waals surface area (Å²) in [6, 6.07) is 5.99. The van der Waals surface area contributed by atoms with Crippen molar-refractivity contribution in [3.63, 3.8) is 0 Å². The Bertz CT molecular complexity index is 706. The van der Waals surface area contributed by atoms with Gasteiger partial charge in [0.2, 0.25) is 5.91 Å². The van der Waals surface area contributed by atoms with Crippen molar-refractivity contribution in [2.24, 2.45) is 0 Å². The Morgan fingerprint density at radius 2 is 2.27 bits per heavy atom. The highest BCUT2D eigenvalue weighted by atomic mass is 32.1. The van der Waals surface area contributed by atoms with Gasteiger partial charge in [-0.1, -0.05) is 12.1 Å². The van der Waals surface area contributed by atoms with E-state index in [2.05, 4.69) is 16.4 Å². The van der Waals surface area contributed by atoms with Gasteiger partial charge in [0.25, 0.3) is 0 Å². The first-order valence-electron chi connectivity index (χ1n) is 7.42. The predicted molar refractivity (Wildman–Crippen MR) is 87.4 cm³/mol. The summed E-state index contributed by atoms with van der Waals surface area (Å²) in [5.41, 5.74) is 2.75. The summed E-state index contributed by atoms with van der Waals surface area (Å²) in [7, 11) is 0. The number of ether oxygens (including phenoxy) is 1. The Hall–Kier alpha value is -1.88. The van der Waals surface area contributed by atoms with Crippen LogP contribution in [-0.2, 0) is 23.2 Å². The van der Waals surface area contributed by atoms with Gasteiger partial charge in [-0.05, 0) is 38.0 Å². The molecule has 0 saturated carbocycles. The van der Waals surface area contributed by atoms with Crippen molar-refractivity contribution in [3.05, 3.63) is 45.4 Å². The van der Waals surface area contributed by atoms with E-state index in [1.165, 1.54) is 5.56 Å². The van der Waals surface area contributed by atoms with Gasteiger partial charge in [0.1, 0.15) is 10.8 Å². The molecule has 0 bridgehead atoms. The summed E-state index contributed by atoms with van der Waals surface area (Å²) in [4.78, 5) is 16.8. The molecule has 0 radical (unpaired) electrons. The molecule has 1 aromatic heterocycles. The largest absolute Gasteiger partial charge is 0.493 e. The number of nitrogens with zero attached hydrogens (tertiary/aromatic N) is 1. The third kappa shape index (κ3) is 3.14. The summed E-state index contributed by atoms with van der Waals surface area (Å²) in [5.74, 6) is 0.958. The fraction of sp³-hybridized carbons (Fsp3) is 0.412. The second-order valence-electron chi connectivity index (χ2n) is 6.18. The van der Waals surface area contributed by atoms with E-state index in [-0.39, 0.29) is 5.91 Å². The van der Waals surface area contributed by atoms with Crippen LogP contribution in [0.25, 0.3) is 0 Å². The van der Waals surface area contributed by atoms with Crippen LogP contribution in [0.3, 0.4) is 0 Å². The van der Waals surface area contributed by atoms with Crippen LogP contribution in [0.1, 0.15) is 35.7 Å². The molecule has 2 aromatic rings. The molecule has 0 aliphatic carbocycles. The molecule has 2 heterocycles. The number of carbonyl (C=O) groups is 1. The molecule has 1 aromatic carbocycles. The van der Waals surface area contributed by atoms with Crippen LogP contribution < -0.4 is 10.1 Å². The van der Waals surface area contributed by atoms with E-state index in [0.29, 0.717) is 6.42 Å². The summed E-state index contributed by atoms with van der Waals surface area (Å²) in [6.07, 6.45) is 1.30. The molecule has 1 N–H and O–H groups in total. The number of rotatable bonds is 4. The molecule has 3 rings (SSSR count). The average molecular weight is 316 g/mol. The highest BCUT2D eigenvalue weighted by Gasteiger charge is 2.26. The molecule has 5 heteroatoms. The van der Waals surface area contributed by atoms with Crippen molar-refractivity contribution >= 4 is 17.2 Å². The molecule has 1 amide bonds. The Labute approximate surface area is 134 Å². The van der Waals surface area contributed by atoms with Crippen molar-refractivity contribution in [1.82, 2.24) is 10.3 Å². The molecule has 22 heavy (non-hydrogen) atoms. The first-order chi connectivity index (χ1) is 10.4. The van der Waals surface area contributed by atoms with Gasteiger partial charge in [0.05, 0.1) is 18.6 Å². The number of hydrogen-bond donors (Lipinski definition) is 1. The topological polar surface area (TPSA) is 51.2 Å². The Balaban J connectivity index is 1.67. The van der Waals surface area contributed by atoms with Gasteiger partial charge < -0.3 is 10.1 Å². The molecule has 0 spiro atoms. The van der Waals surface area contributed by atoms with Gasteiger partial charge in [-0.25, -0.2) is 4.98 Å². The van der Waals surface area contributed by atoms with Crippen molar-refractivity contribution in [3.8, 4) is 5.75 Å². The molecule has 0 fully saturated rings. The van der Waals surface area contributed by atoms with E-state index in [1.54, 1.807) is 11.3 Å². The minimum atomic E-state index is -0.449. The summed E-state index contributed by atoms with van der Waals surface area (Å²) < 4.78 is 5.49. The number of benzene rings is 1. The lowest BCUT2D eigenvalue weighted by molar-refractivity contribution is -0.122.